The molecule has 0 unspecified atom stereocenters. The van der Waals surface area contributed by atoms with Gasteiger partial charge in [-0.2, -0.15) is 0 Å². The van der Waals surface area contributed by atoms with E-state index in [0.717, 1.165) is 0 Å². The minimum atomic E-state index is -0.307. The summed E-state index contributed by atoms with van der Waals surface area (Å²) in [6, 6.07) is 23.8. The number of aryl methyl sites for hydroxylation is 1. The van der Waals surface area contributed by atoms with E-state index in [0.29, 0.717) is 0 Å². The number of rotatable bonds is 10. The third kappa shape index (κ3) is 5.14. The summed E-state index contributed by atoms with van der Waals surface area (Å²) in [4.78, 5) is 0. The third-order valence-electron chi connectivity index (χ3n) is 6.60. The summed E-state index contributed by atoms with van der Waals surface area (Å²) in [5.41, 5.74) is 2.94. The van der Waals surface area contributed by atoms with Gasteiger partial charge in [-0.1, -0.05) is 19.8 Å². The van der Waals surface area contributed by atoms with Crippen LogP contribution in [0.4, 0.5) is 0 Å². The molecule has 0 fully saturated rings. The summed E-state index contributed by atoms with van der Waals surface area (Å²) >= 11 is 1.53. The SMILES string of the molecule is CCCCCCCCCCc1ccc(-c2cc3cc4cc5sccc5cc4cc3[te]2)cc1. The first-order chi connectivity index (χ1) is 15.8. The van der Waals surface area contributed by atoms with Gasteiger partial charge in [0, 0.05) is 0 Å². The van der Waals surface area contributed by atoms with E-state index in [1.807, 2.05) is 11.3 Å². The van der Waals surface area contributed by atoms with Crippen molar-refractivity contribution in [3.05, 3.63) is 71.6 Å². The fraction of sp³-hybridized carbons (Fsp3) is 0.333. The molecule has 0 N–H and O–H groups in total. The molecule has 2 heteroatoms. The molecule has 0 bridgehead atoms. The molecule has 2 heterocycles. The van der Waals surface area contributed by atoms with E-state index >= 15 is 0 Å². The summed E-state index contributed by atoms with van der Waals surface area (Å²) < 4.78 is 4.57. The van der Waals surface area contributed by atoms with Gasteiger partial charge in [0.25, 0.3) is 0 Å². The number of unbranched alkanes of at least 4 members (excludes halogenated alkanes) is 7. The van der Waals surface area contributed by atoms with Gasteiger partial charge in [0.2, 0.25) is 0 Å². The summed E-state index contributed by atoms with van der Waals surface area (Å²) in [5, 5.41) is 7.80. The van der Waals surface area contributed by atoms with Crippen LogP contribution in [0.5, 0.6) is 0 Å². The first-order valence-electron chi connectivity index (χ1n) is 12.2. The first-order valence-corrected chi connectivity index (χ1v) is 15.4. The van der Waals surface area contributed by atoms with Crippen LogP contribution in [0.1, 0.15) is 63.9 Å². The summed E-state index contributed by atoms with van der Waals surface area (Å²) in [7, 11) is 0. The van der Waals surface area contributed by atoms with Crippen molar-refractivity contribution in [2.24, 2.45) is 0 Å². The molecule has 0 radical (unpaired) electrons. The summed E-state index contributed by atoms with van der Waals surface area (Å²) in [6.45, 7) is 2.29. The quantitative estimate of drug-likeness (QED) is 0.120. The maximum absolute atomic E-state index is 2.46. The van der Waals surface area contributed by atoms with Crippen LogP contribution >= 0.6 is 11.3 Å². The Morgan fingerprint density at radius 1 is 0.656 bits per heavy atom. The molecule has 0 aliphatic carbocycles. The second kappa shape index (κ2) is 10.6. The molecule has 5 aromatic rings. The molecule has 0 saturated heterocycles. The molecule has 5 rings (SSSR count). The van der Waals surface area contributed by atoms with Crippen molar-refractivity contribution < 1.29 is 0 Å². The summed E-state index contributed by atoms with van der Waals surface area (Å²) in [6.07, 6.45) is 12.4. The van der Waals surface area contributed by atoms with Crippen LogP contribution in [-0.2, 0) is 6.42 Å². The number of fused-ring (bicyclic) bond motifs is 3. The third-order valence-corrected chi connectivity index (χ3v) is 10.8. The van der Waals surface area contributed by atoms with Gasteiger partial charge < -0.3 is 0 Å². The van der Waals surface area contributed by atoms with Crippen molar-refractivity contribution in [3.63, 3.8) is 0 Å². The van der Waals surface area contributed by atoms with E-state index < -0.39 is 0 Å². The molecular formula is C30H32STe. The van der Waals surface area contributed by atoms with Gasteiger partial charge >= 0.3 is 187 Å². The van der Waals surface area contributed by atoms with Crippen LogP contribution in [0.15, 0.2) is 66.0 Å². The van der Waals surface area contributed by atoms with Gasteiger partial charge in [0.1, 0.15) is 0 Å². The Kier molecular flexibility index (Phi) is 7.33. The standard InChI is InChI=1S/C30H32STe/c1-2-3-4-5-6-7-8-9-10-22-11-13-23(14-12-22)29-21-27-18-25-19-28-24(15-16-31-28)17-26(25)20-30(27)32-29/h11-21H,2-10H2,1H3. The van der Waals surface area contributed by atoms with Crippen molar-refractivity contribution in [1.29, 1.82) is 0 Å². The Labute approximate surface area is 205 Å². The molecule has 0 saturated carbocycles. The predicted molar refractivity (Wildman–Crippen MR) is 146 cm³/mol. The number of benzene rings is 3. The molecule has 164 valence electrons. The zero-order valence-corrected chi connectivity index (χ0v) is 22.2. The zero-order valence-electron chi connectivity index (χ0n) is 19.0. The molecule has 0 aliphatic rings. The van der Waals surface area contributed by atoms with Gasteiger partial charge in [0.05, 0.1) is 0 Å². The van der Waals surface area contributed by atoms with Gasteiger partial charge in [0.15, 0.2) is 0 Å². The molecule has 0 spiro atoms. The average Bonchev–Trinajstić information content (AvgIpc) is 3.44. The molecule has 0 amide bonds. The average molecular weight is 552 g/mol. The van der Waals surface area contributed by atoms with Crippen molar-refractivity contribution in [1.82, 2.24) is 0 Å². The molecule has 32 heavy (non-hydrogen) atoms. The Bertz CT molecular complexity index is 1240. The Morgan fingerprint density at radius 2 is 1.38 bits per heavy atom. The van der Waals surface area contributed by atoms with E-state index in [1.54, 1.807) is 6.98 Å². The van der Waals surface area contributed by atoms with Crippen LogP contribution in [0, 0.1) is 0 Å². The Morgan fingerprint density at radius 3 is 2.19 bits per heavy atom. The minimum absolute atomic E-state index is 0.307. The van der Waals surface area contributed by atoms with Crippen LogP contribution in [-0.4, -0.2) is 20.4 Å². The van der Waals surface area contributed by atoms with E-state index in [4.69, 9.17) is 0 Å². The molecule has 2 aromatic heterocycles. The molecule has 0 aliphatic heterocycles. The molecule has 3 aromatic carbocycles. The Hall–Kier alpha value is -1.59. The second-order valence-electron chi connectivity index (χ2n) is 9.08. The summed E-state index contributed by atoms with van der Waals surface area (Å²) in [5.74, 6) is 0. The number of hydrogen-bond acceptors (Lipinski definition) is 1. The van der Waals surface area contributed by atoms with Crippen LogP contribution < -0.4 is 0 Å². The van der Waals surface area contributed by atoms with Crippen LogP contribution in [0.3, 0.4) is 0 Å². The fourth-order valence-electron chi connectivity index (χ4n) is 4.69. The monoisotopic (exact) mass is 554 g/mol. The van der Waals surface area contributed by atoms with Crippen LogP contribution in [0.25, 0.3) is 38.8 Å². The topological polar surface area (TPSA) is 0 Å². The Balaban J connectivity index is 1.23. The van der Waals surface area contributed by atoms with E-state index in [1.165, 1.54) is 95.2 Å². The number of thiophene rings is 1. The van der Waals surface area contributed by atoms with E-state index in [-0.39, 0.29) is 20.4 Å². The fourth-order valence-corrected chi connectivity index (χ4v) is 8.64. The van der Waals surface area contributed by atoms with Gasteiger partial charge in [-0.05, 0) is 0 Å². The zero-order chi connectivity index (χ0) is 21.8. The maximum atomic E-state index is 2.46. The van der Waals surface area contributed by atoms with Crippen molar-refractivity contribution in [2.75, 3.05) is 0 Å². The molecule has 0 nitrogen and oxygen atoms in total. The normalized spacial score (nSPS) is 11.8. The molecule has 0 atom stereocenters. The first kappa shape index (κ1) is 22.2. The van der Waals surface area contributed by atoms with Crippen molar-refractivity contribution in [2.45, 2.75) is 64.7 Å². The van der Waals surface area contributed by atoms with Crippen molar-refractivity contribution in [3.8, 4) is 9.14 Å². The van der Waals surface area contributed by atoms with Gasteiger partial charge in [-0.15, -0.1) is 0 Å². The van der Waals surface area contributed by atoms with Crippen LogP contribution in [0.2, 0.25) is 0 Å². The predicted octanol–water partition coefficient (Wildman–Crippen LogP) is 9.61. The van der Waals surface area contributed by atoms with Gasteiger partial charge in [-0.3, -0.25) is 0 Å². The van der Waals surface area contributed by atoms with E-state index in [9.17, 15) is 0 Å². The second-order valence-corrected chi connectivity index (χ2v) is 13.1. The van der Waals surface area contributed by atoms with Crippen molar-refractivity contribution >= 4 is 61.4 Å². The number of hydrogen-bond donors (Lipinski definition) is 0. The molecular weight excluding hydrogens is 520 g/mol. The van der Waals surface area contributed by atoms with Gasteiger partial charge in [-0.25, -0.2) is 0 Å². The van der Waals surface area contributed by atoms with E-state index in [2.05, 4.69) is 73.0 Å².